The molecule has 2 aromatic heterocycles. The van der Waals surface area contributed by atoms with E-state index in [9.17, 15) is 4.79 Å². The van der Waals surface area contributed by atoms with E-state index < -0.39 is 0 Å². The van der Waals surface area contributed by atoms with E-state index in [1.807, 2.05) is 12.1 Å². The van der Waals surface area contributed by atoms with Crippen molar-refractivity contribution in [3.8, 4) is 6.07 Å². The van der Waals surface area contributed by atoms with Crippen molar-refractivity contribution in [3.05, 3.63) is 71.4 Å². The Morgan fingerprint density at radius 1 is 1.24 bits per heavy atom. The highest BCUT2D eigenvalue weighted by Crippen LogP contribution is 2.12. The molecule has 0 aliphatic heterocycles. The van der Waals surface area contributed by atoms with Crippen LogP contribution in [0, 0.1) is 18.3 Å². The van der Waals surface area contributed by atoms with Gasteiger partial charge in [-0.3, -0.25) is 4.79 Å². The van der Waals surface area contributed by atoms with Crippen LogP contribution in [0.15, 0.2) is 53.1 Å². The van der Waals surface area contributed by atoms with Gasteiger partial charge in [-0.05, 0) is 49.4 Å². The van der Waals surface area contributed by atoms with E-state index in [-0.39, 0.29) is 11.6 Å². The second-order valence-electron chi connectivity index (χ2n) is 5.29. The number of rotatable bonds is 5. The van der Waals surface area contributed by atoms with Gasteiger partial charge in [-0.25, -0.2) is 9.97 Å². The minimum atomic E-state index is -0.351. The van der Waals surface area contributed by atoms with Crippen molar-refractivity contribution >= 4 is 17.5 Å². The minimum absolute atomic E-state index is 0.249. The molecule has 0 atom stereocenters. The molecule has 2 N–H and O–H groups in total. The zero-order valence-corrected chi connectivity index (χ0v) is 13.5. The van der Waals surface area contributed by atoms with Gasteiger partial charge < -0.3 is 15.1 Å². The molecular weight excluding hydrogens is 318 g/mol. The highest BCUT2D eigenvalue weighted by molar-refractivity contribution is 6.03. The Morgan fingerprint density at radius 2 is 2.04 bits per heavy atom. The normalized spacial score (nSPS) is 10.1. The molecule has 0 bridgehead atoms. The SMILES string of the molecule is Cc1cc(C(=O)Nc2ccc(C#N)cc2)nc(NCc2ccco2)n1. The number of hydrogen-bond acceptors (Lipinski definition) is 6. The third-order valence-corrected chi connectivity index (χ3v) is 3.36. The lowest BCUT2D eigenvalue weighted by Gasteiger charge is -2.08. The maximum Gasteiger partial charge on any atom is 0.274 e. The third-order valence-electron chi connectivity index (χ3n) is 3.36. The molecule has 0 aliphatic carbocycles. The average molecular weight is 333 g/mol. The summed E-state index contributed by atoms with van der Waals surface area (Å²) >= 11 is 0. The van der Waals surface area contributed by atoms with Crippen molar-refractivity contribution in [3.63, 3.8) is 0 Å². The smallest absolute Gasteiger partial charge is 0.274 e. The van der Waals surface area contributed by atoms with Gasteiger partial charge in [0.15, 0.2) is 0 Å². The molecule has 1 amide bonds. The van der Waals surface area contributed by atoms with Crippen molar-refractivity contribution in [2.75, 3.05) is 10.6 Å². The Morgan fingerprint density at radius 3 is 2.72 bits per heavy atom. The number of nitrogens with one attached hydrogen (secondary N) is 2. The second-order valence-corrected chi connectivity index (χ2v) is 5.29. The zero-order valence-electron chi connectivity index (χ0n) is 13.5. The number of nitriles is 1. The summed E-state index contributed by atoms with van der Waals surface area (Å²) in [5.74, 6) is 0.742. The van der Waals surface area contributed by atoms with Crippen LogP contribution in [0.1, 0.15) is 27.5 Å². The Bertz CT molecular complexity index is 912. The lowest BCUT2D eigenvalue weighted by Crippen LogP contribution is -2.16. The molecule has 0 saturated carbocycles. The number of carbonyl (C=O) groups excluding carboxylic acids is 1. The van der Waals surface area contributed by atoms with E-state index in [0.717, 1.165) is 5.76 Å². The standard InChI is InChI=1S/C18H15N5O2/c1-12-9-16(17(24)22-14-6-4-13(10-19)5-7-14)23-18(21-12)20-11-15-3-2-8-25-15/h2-9H,11H2,1H3,(H,22,24)(H,20,21,23). The summed E-state index contributed by atoms with van der Waals surface area (Å²) in [6.07, 6.45) is 1.59. The number of aryl methyl sites for hydroxylation is 1. The fourth-order valence-electron chi connectivity index (χ4n) is 2.17. The summed E-state index contributed by atoms with van der Waals surface area (Å²) < 4.78 is 5.24. The van der Waals surface area contributed by atoms with E-state index >= 15 is 0 Å². The summed E-state index contributed by atoms with van der Waals surface area (Å²) in [5, 5.41) is 14.6. The number of hydrogen-bond donors (Lipinski definition) is 2. The van der Waals surface area contributed by atoms with Gasteiger partial charge in [0, 0.05) is 11.4 Å². The molecule has 0 spiro atoms. The molecule has 124 valence electrons. The number of nitrogens with zero attached hydrogens (tertiary/aromatic N) is 3. The van der Waals surface area contributed by atoms with Gasteiger partial charge in [0.2, 0.25) is 5.95 Å². The number of furan rings is 1. The minimum Gasteiger partial charge on any atom is -0.467 e. The number of amides is 1. The highest BCUT2D eigenvalue weighted by atomic mass is 16.3. The van der Waals surface area contributed by atoms with Gasteiger partial charge in [-0.15, -0.1) is 0 Å². The maximum atomic E-state index is 12.4. The van der Waals surface area contributed by atoms with Crippen molar-refractivity contribution in [2.45, 2.75) is 13.5 Å². The number of benzene rings is 1. The number of aromatic nitrogens is 2. The van der Waals surface area contributed by atoms with E-state index in [0.29, 0.717) is 29.4 Å². The molecule has 7 heteroatoms. The summed E-state index contributed by atoms with van der Waals surface area (Å²) in [6, 6.07) is 13.9. The monoisotopic (exact) mass is 333 g/mol. The van der Waals surface area contributed by atoms with Crippen LogP contribution in [0.2, 0.25) is 0 Å². The van der Waals surface area contributed by atoms with Gasteiger partial charge in [-0.1, -0.05) is 0 Å². The van der Waals surface area contributed by atoms with Crippen LogP contribution < -0.4 is 10.6 Å². The summed E-state index contributed by atoms with van der Waals surface area (Å²) in [4.78, 5) is 20.9. The van der Waals surface area contributed by atoms with Gasteiger partial charge in [-0.2, -0.15) is 5.26 Å². The molecule has 25 heavy (non-hydrogen) atoms. The topological polar surface area (TPSA) is 104 Å². The predicted molar refractivity (Wildman–Crippen MR) is 91.9 cm³/mol. The molecule has 2 heterocycles. The second kappa shape index (κ2) is 7.27. The molecule has 3 rings (SSSR count). The first-order valence-electron chi connectivity index (χ1n) is 7.57. The van der Waals surface area contributed by atoms with Crippen LogP contribution in [0.3, 0.4) is 0 Å². The third kappa shape index (κ3) is 4.20. The van der Waals surface area contributed by atoms with Crippen LogP contribution in [-0.4, -0.2) is 15.9 Å². The fraction of sp³-hybridized carbons (Fsp3) is 0.111. The molecule has 0 fully saturated rings. The van der Waals surface area contributed by atoms with E-state index in [4.69, 9.17) is 9.68 Å². The molecule has 1 aromatic carbocycles. The van der Waals surface area contributed by atoms with Crippen LogP contribution in [0.4, 0.5) is 11.6 Å². The van der Waals surface area contributed by atoms with Gasteiger partial charge in [0.25, 0.3) is 5.91 Å². The van der Waals surface area contributed by atoms with Gasteiger partial charge in [0.1, 0.15) is 11.5 Å². The Balaban J connectivity index is 1.71. The molecule has 0 saturated heterocycles. The van der Waals surface area contributed by atoms with Crippen LogP contribution in [0.25, 0.3) is 0 Å². The van der Waals surface area contributed by atoms with Crippen molar-refractivity contribution in [1.82, 2.24) is 9.97 Å². The van der Waals surface area contributed by atoms with Gasteiger partial charge in [0.05, 0.1) is 24.4 Å². The first-order chi connectivity index (χ1) is 12.1. The van der Waals surface area contributed by atoms with Crippen LogP contribution in [-0.2, 0) is 6.54 Å². The molecule has 0 unspecified atom stereocenters. The zero-order chi connectivity index (χ0) is 17.6. The number of anilines is 2. The Kier molecular flexibility index (Phi) is 4.72. The Labute approximate surface area is 144 Å². The first kappa shape index (κ1) is 16.2. The molecule has 0 radical (unpaired) electrons. The highest BCUT2D eigenvalue weighted by Gasteiger charge is 2.11. The molecular formula is C18H15N5O2. The average Bonchev–Trinajstić information content (AvgIpc) is 3.14. The van der Waals surface area contributed by atoms with Crippen molar-refractivity contribution in [1.29, 1.82) is 5.26 Å². The summed E-state index contributed by atoms with van der Waals surface area (Å²) in [5.41, 5.74) is 2.03. The summed E-state index contributed by atoms with van der Waals surface area (Å²) in [7, 11) is 0. The maximum absolute atomic E-state index is 12.4. The predicted octanol–water partition coefficient (Wildman–Crippen LogP) is 3.11. The van der Waals surface area contributed by atoms with E-state index in [1.54, 1.807) is 49.6 Å². The lowest BCUT2D eigenvalue weighted by atomic mass is 10.2. The summed E-state index contributed by atoms with van der Waals surface area (Å²) in [6.45, 7) is 2.21. The largest absolute Gasteiger partial charge is 0.467 e. The Hall–Kier alpha value is -3.66. The molecule has 3 aromatic rings. The van der Waals surface area contributed by atoms with Crippen molar-refractivity contribution in [2.24, 2.45) is 0 Å². The first-order valence-corrected chi connectivity index (χ1v) is 7.57. The van der Waals surface area contributed by atoms with Crippen LogP contribution >= 0.6 is 0 Å². The van der Waals surface area contributed by atoms with Gasteiger partial charge >= 0.3 is 0 Å². The molecule has 0 aliphatic rings. The van der Waals surface area contributed by atoms with Crippen molar-refractivity contribution < 1.29 is 9.21 Å². The number of carbonyl (C=O) groups is 1. The fourth-order valence-corrected chi connectivity index (χ4v) is 2.17. The van der Waals surface area contributed by atoms with E-state index in [2.05, 4.69) is 20.6 Å². The van der Waals surface area contributed by atoms with E-state index in [1.165, 1.54) is 0 Å². The molecule has 7 nitrogen and oxygen atoms in total. The lowest BCUT2D eigenvalue weighted by molar-refractivity contribution is 0.102. The quantitative estimate of drug-likeness (QED) is 0.743. The van der Waals surface area contributed by atoms with Crippen LogP contribution in [0.5, 0.6) is 0 Å².